The molecule has 1 N–H and O–H groups in total. The van der Waals surface area contributed by atoms with E-state index in [4.69, 9.17) is 11.6 Å². The lowest BCUT2D eigenvalue weighted by atomic mass is 10.4. The van der Waals surface area contributed by atoms with Crippen LogP contribution in [0.4, 0.5) is 0 Å². The molecule has 0 aromatic rings. The van der Waals surface area contributed by atoms with Gasteiger partial charge in [0, 0.05) is 41.2 Å². The van der Waals surface area contributed by atoms with Crippen molar-refractivity contribution in [2.24, 2.45) is 0 Å². The highest BCUT2D eigenvalue weighted by molar-refractivity contribution is 7.84. The van der Waals surface area contributed by atoms with Crippen molar-refractivity contribution in [2.75, 3.05) is 23.9 Å². The Bertz CT molecular complexity index is 163. The summed E-state index contributed by atoms with van der Waals surface area (Å²) >= 11 is 5.34. The second-order valence-electron chi connectivity index (χ2n) is 2.22. The highest BCUT2D eigenvalue weighted by Crippen LogP contribution is 1.84. The van der Waals surface area contributed by atoms with Crippen molar-refractivity contribution in [1.29, 1.82) is 0 Å². The summed E-state index contributed by atoms with van der Waals surface area (Å²) in [6.45, 7) is 2.34. The van der Waals surface area contributed by atoms with Gasteiger partial charge in [0.25, 0.3) is 0 Å². The van der Waals surface area contributed by atoms with E-state index in [1.165, 1.54) is 0 Å². The third-order valence-corrected chi connectivity index (χ3v) is 2.79. The second kappa shape index (κ2) is 7.55. The molecule has 5 heteroatoms. The number of nitrogens with one attached hydrogen (secondary N) is 1. The molecule has 1 amide bonds. The Balaban J connectivity index is 3.30. The van der Waals surface area contributed by atoms with E-state index >= 15 is 0 Å². The molecule has 0 aliphatic carbocycles. The molecule has 3 nitrogen and oxygen atoms in total. The van der Waals surface area contributed by atoms with Crippen LogP contribution in [-0.4, -0.2) is 34.0 Å². The fourth-order valence-corrected chi connectivity index (χ4v) is 1.41. The van der Waals surface area contributed by atoms with Crippen LogP contribution in [0.5, 0.6) is 0 Å². The van der Waals surface area contributed by atoms with Crippen molar-refractivity contribution in [3.8, 4) is 0 Å². The van der Waals surface area contributed by atoms with Crippen LogP contribution in [0.2, 0.25) is 0 Å². The summed E-state index contributed by atoms with van der Waals surface area (Å²) in [7, 11) is -0.795. The Hall–Kier alpha value is -0.0900. The molecule has 12 heavy (non-hydrogen) atoms. The lowest BCUT2D eigenvalue weighted by Gasteiger charge is -2.02. The SMILES string of the molecule is CCS(=O)CCNC(=O)CCCl. The zero-order chi connectivity index (χ0) is 9.40. The smallest absolute Gasteiger partial charge is 0.221 e. The van der Waals surface area contributed by atoms with E-state index in [0.717, 1.165) is 0 Å². The molecular weight excluding hydrogens is 198 g/mol. The molecular formula is C7H14ClNO2S. The summed E-state index contributed by atoms with van der Waals surface area (Å²) in [5.74, 6) is 1.44. The van der Waals surface area contributed by atoms with Gasteiger partial charge in [0.1, 0.15) is 0 Å². The van der Waals surface area contributed by atoms with Crippen molar-refractivity contribution in [2.45, 2.75) is 13.3 Å². The van der Waals surface area contributed by atoms with Gasteiger partial charge in [0.15, 0.2) is 0 Å². The average Bonchev–Trinajstić information content (AvgIpc) is 2.04. The van der Waals surface area contributed by atoms with E-state index in [9.17, 15) is 9.00 Å². The topological polar surface area (TPSA) is 46.2 Å². The molecule has 0 bridgehead atoms. The Labute approximate surface area is 80.3 Å². The number of alkyl halides is 1. The molecule has 0 aliphatic rings. The summed E-state index contributed by atoms with van der Waals surface area (Å²) in [6.07, 6.45) is 0.334. The first-order valence-electron chi connectivity index (χ1n) is 3.88. The number of hydrogen-bond acceptors (Lipinski definition) is 2. The molecule has 0 rings (SSSR count). The van der Waals surface area contributed by atoms with Crippen LogP contribution in [0, 0.1) is 0 Å². The van der Waals surface area contributed by atoms with Crippen molar-refractivity contribution in [3.63, 3.8) is 0 Å². The molecule has 0 aromatic heterocycles. The molecule has 0 fully saturated rings. The number of halogens is 1. The van der Waals surface area contributed by atoms with E-state index in [2.05, 4.69) is 5.32 Å². The maximum atomic E-state index is 10.9. The number of hydrogen-bond donors (Lipinski definition) is 1. The van der Waals surface area contributed by atoms with Crippen molar-refractivity contribution < 1.29 is 9.00 Å². The van der Waals surface area contributed by atoms with E-state index in [-0.39, 0.29) is 5.91 Å². The quantitative estimate of drug-likeness (QED) is 0.651. The van der Waals surface area contributed by atoms with Crippen molar-refractivity contribution >= 4 is 28.3 Å². The fraction of sp³-hybridized carbons (Fsp3) is 0.857. The van der Waals surface area contributed by atoms with Gasteiger partial charge in [0.05, 0.1) is 0 Å². The molecule has 0 aliphatic heterocycles. The first kappa shape index (κ1) is 11.9. The van der Waals surface area contributed by atoms with E-state index < -0.39 is 10.8 Å². The van der Waals surface area contributed by atoms with Crippen LogP contribution in [0.25, 0.3) is 0 Å². The number of rotatable bonds is 6. The molecule has 0 saturated heterocycles. The summed E-state index contributed by atoms with van der Waals surface area (Å²) in [6, 6.07) is 0. The largest absolute Gasteiger partial charge is 0.355 e. The minimum absolute atomic E-state index is 0.0712. The van der Waals surface area contributed by atoms with Crippen LogP contribution in [0.15, 0.2) is 0 Å². The molecule has 0 aromatic carbocycles. The lowest BCUT2D eigenvalue weighted by Crippen LogP contribution is -2.27. The van der Waals surface area contributed by atoms with Crippen LogP contribution in [0.3, 0.4) is 0 Å². The molecule has 1 atom stereocenters. The minimum Gasteiger partial charge on any atom is -0.355 e. The number of carbonyl (C=O) groups is 1. The van der Waals surface area contributed by atoms with Gasteiger partial charge in [-0.05, 0) is 0 Å². The summed E-state index contributed by atoms with van der Waals surface area (Å²) in [5.41, 5.74) is 0. The van der Waals surface area contributed by atoms with E-state index in [1.807, 2.05) is 6.92 Å². The number of carbonyl (C=O) groups excluding carboxylic acids is 1. The third-order valence-electron chi connectivity index (χ3n) is 1.30. The minimum atomic E-state index is -0.795. The Morgan fingerprint density at radius 3 is 2.75 bits per heavy atom. The maximum absolute atomic E-state index is 10.9. The Kier molecular flexibility index (Phi) is 7.50. The lowest BCUT2D eigenvalue weighted by molar-refractivity contribution is -0.120. The zero-order valence-electron chi connectivity index (χ0n) is 7.14. The highest BCUT2D eigenvalue weighted by atomic mass is 35.5. The highest BCUT2D eigenvalue weighted by Gasteiger charge is 2.00. The van der Waals surface area contributed by atoms with Gasteiger partial charge in [-0.1, -0.05) is 6.92 Å². The van der Waals surface area contributed by atoms with Gasteiger partial charge in [-0.2, -0.15) is 0 Å². The first-order valence-corrected chi connectivity index (χ1v) is 5.90. The number of amides is 1. The van der Waals surface area contributed by atoms with E-state index in [1.54, 1.807) is 0 Å². The molecule has 0 heterocycles. The monoisotopic (exact) mass is 211 g/mol. The van der Waals surface area contributed by atoms with Gasteiger partial charge in [-0.25, -0.2) is 0 Å². The van der Waals surface area contributed by atoms with Crippen molar-refractivity contribution in [1.82, 2.24) is 5.32 Å². The van der Waals surface area contributed by atoms with Gasteiger partial charge < -0.3 is 5.32 Å². The van der Waals surface area contributed by atoms with Crippen LogP contribution < -0.4 is 5.32 Å². The molecule has 0 radical (unpaired) electrons. The molecule has 72 valence electrons. The van der Waals surface area contributed by atoms with Gasteiger partial charge >= 0.3 is 0 Å². The summed E-state index contributed by atoms with van der Waals surface area (Å²) in [4.78, 5) is 10.8. The van der Waals surface area contributed by atoms with Crippen LogP contribution >= 0.6 is 11.6 Å². The predicted molar refractivity (Wildman–Crippen MR) is 51.9 cm³/mol. The van der Waals surface area contributed by atoms with Gasteiger partial charge in [0.2, 0.25) is 5.91 Å². The van der Waals surface area contributed by atoms with Crippen LogP contribution in [-0.2, 0) is 15.6 Å². The third kappa shape index (κ3) is 6.61. The normalized spacial score (nSPS) is 12.5. The predicted octanol–water partition coefficient (Wildman–Crippen LogP) is 0.500. The Morgan fingerprint density at radius 2 is 2.25 bits per heavy atom. The maximum Gasteiger partial charge on any atom is 0.221 e. The van der Waals surface area contributed by atoms with Crippen molar-refractivity contribution in [3.05, 3.63) is 0 Å². The second-order valence-corrected chi connectivity index (χ2v) is 4.46. The van der Waals surface area contributed by atoms with E-state index in [0.29, 0.717) is 30.4 Å². The summed E-state index contributed by atoms with van der Waals surface area (Å²) < 4.78 is 10.9. The Morgan fingerprint density at radius 1 is 1.58 bits per heavy atom. The first-order chi connectivity index (χ1) is 5.70. The summed E-state index contributed by atoms with van der Waals surface area (Å²) in [5, 5.41) is 2.63. The van der Waals surface area contributed by atoms with Gasteiger partial charge in [-0.15, -0.1) is 11.6 Å². The molecule has 0 saturated carbocycles. The average molecular weight is 212 g/mol. The molecule has 0 spiro atoms. The standard InChI is InChI=1S/C7H14ClNO2S/c1-2-12(11)6-5-9-7(10)3-4-8/h2-6H2,1H3,(H,9,10). The van der Waals surface area contributed by atoms with Gasteiger partial charge in [-0.3, -0.25) is 9.00 Å². The molecule has 1 unspecified atom stereocenters. The zero-order valence-corrected chi connectivity index (χ0v) is 8.71. The fourth-order valence-electron chi connectivity index (χ4n) is 0.623. The van der Waals surface area contributed by atoms with Crippen LogP contribution in [0.1, 0.15) is 13.3 Å².